The van der Waals surface area contributed by atoms with E-state index in [0.29, 0.717) is 15.9 Å². The first-order valence-electron chi connectivity index (χ1n) is 9.23. The fourth-order valence-corrected chi connectivity index (χ4v) is 4.06. The number of carbonyl (C=O) groups excluding carboxylic acids is 1. The van der Waals surface area contributed by atoms with Gasteiger partial charge in [0.2, 0.25) is 0 Å². The van der Waals surface area contributed by atoms with Gasteiger partial charge in [-0.15, -0.1) is 0 Å². The molecule has 1 aliphatic carbocycles. The second-order valence-electron chi connectivity index (χ2n) is 6.96. The predicted molar refractivity (Wildman–Crippen MR) is 104 cm³/mol. The Bertz CT molecular complexity index is 1300. The summed E-state index contributed by atoms with van der Waals surface area (Å²) >= 11 is 1.05. The molecular weight excluding hydrogens is 438 g/mol. The number of ether oxygens (including phenoxy) is 1. The van der Waals surface area contributed by atoms with Crippen molar-refractivity contribution in [1.29, 1.82) is 0 Å². The van der Waals surface area contributed by atoms with Crippen LogP contribution >= 0.6 is 11.3 Å². The zero-order valence-electron chi connectivity index (χ0n) is 15.6. The van der Waals surface area contributed by atoms with Crippen LogP contribution in [0, 0.1) is 0 Å². The van der Waals surface area contributed by atoms with Crippen LogP contribution in [0.15, 0.2) is 30.3 Å². The van der Waals surface area contributed by atoms with Gasteiger partial charge in [0, 0.05) is 17.7 Å². The zero-order chi connectivity index (χ0) is 21.7. The molecule has 5 rings (SSSR count). The number of rotatable bonds is 6. The first-order chi connectivity index (χ1) is 14.9. The molecule has 1 aromatic carbocycles. The van der Waals surface area contributed by atoms with E-state index in [1.54, 1.807) is 0 Å². The number of nitrogens with zero attached hydrogens (tertiary/aromatic N) is 4. The number of halogens is 4. The molecule has 1 amide bonds. The average molecular weight is 451 g/mol. The minimum Gasteiger partial charge on any atom is -0.435 e. The number of hydrogen-bond acceptors (Lipinski definition) is 6. The van der Waals surface area contributed by atoms with E-state index in [-0.39, 0.29) is 33.8 Å². The van der Waals surface area contributed by atoms with Crippen molar-refractivity contribution in [1.82, 2.24) is 19.6 Å². The van der Waals surface area contributed by atoms with Crippen molar-refractivity contribution in [3.05, 3.63) is 47.4 Å². The lowest BCUT2D eigenvalue weighted by atomic mass is 10.2. The van der Waals surface area contributed by atoms with Crippen molar-refractivity contribution in [2.75, 3.05) is 5.32 Å². The molecular formula is C19H13F4N5O2S. The molecule has 3 aromatic heterocycles. The highest BCUT2D eigenvalue weighted by atomic mass is 32.1. The van der Waals surface area contributed by atoms with Crippen molar-refractivity contribution in [2.45, 2.75) is 31.8 Å². The third-order valence-electron chi connectivity index (χ3n) is 4.73. The normalized spacial score (nSPS) is 14.1. The van der Waals surface area contributed by atoms with Crippen molar-refractivity contribution >= 4 is 38.2 Å². The number of amides is 1. The summed E-state index contributed by atoms with van der Waals surface area (Å²) in [7, 11) is 0. The number of nitrogens with one attached hydrogen (secondary N) is 1. The number of carbonyl (C=O) groups is 1. The lowest BCUT2D eigenvalue weighted by molar-refractivity contribution is -0.0497. The van der Waals surface area contributed by atoms with Gasteiger partial charge in [0.05, 0.1) is 10.2 Å². The smallest absolute Gasteiger partial charge is 0.387 e. The van der Waals surface area contributed by atoms with Gasteiger partial charge in [-0.2, -0.15) is 13.9 Å². The molecule has 0 bridgehead atoms. The summed E-state index contributed by atoms with van der Waals surface area (Å²) in [5, 5.41) is 6.74. The van der Waals surface area contributed by atoms with Crippen LogP contribution in [0.1, 0.15) is 47.1 Å². The Balaban J connectivity index is 1.42. The topological polar surface area (TPSA) is 81.4 Å². The molecule has 1 aliphatic rings. The van der Waals surface area contributed by atoms with Gasteiger partial charge in [0.1, 0.15) is 11.4 Å². The highest BCUT2D eigenvalue weighted by Crippen LogP contribution is 2.40. The van der Waals surface area contributed by atoms with E-state index in [2.05, 4.69) is 25.1 Å². The Hall–Kier alpha value is -3.28. The number of anilines is 1. The van der Waals surface area contributed by atoms with Gasteiger partial charge in [0.25, 0.3) is 12.3 Å². The van der Waals surface area contributed by atoms with Crippen molar-refractivity contribution < 1.29 is 27.1 Å². The third-order valence-corrected chi connectivity index (χ3v) is 5.67. The van der Waals surface area contributed by atoms with Gasteiger partial charge in [-0.05, 0) is 37.1 Å². The summed E-state index contributed by atoms with van der Waals surface area (Å²) in [6.45, 7) is -2.95. The fourth-order valence-electron chi connectivity index (χ4n) is 3.17. The van der Waals surface area contributed by atoms with E-state index < -0.39 is 18.9 Å². The molecule has 7 nitrogen and oxygen atoms in total. The standard InChI is InChI=1S/C19H13F4N5O2S/c20-16(21)13-6-11(8-1-2-8)24-15-7-12(27-28(13)15)17(29)26-19-25-10-4-3-9(30-18(22)23)5-14(10)31-19/h3-8,16,18H,1-2H2,(H,25,26,29). The van der Waals surface area contributed by atoms with Gasteiger partial charge < -0.3 is 4.74 Å². The van der Waals surface area contributed by atoms with Crippen molar-refractivity contribution in [3.8, 4) is 5.75 Å². The monoisotopic (exact) mass is 451 g/mol. The van der Waals surface area contributed by atoms with Gasteiger partial charge in [0.15, 0.2) is 16.5 Å². The van der Waals surface area contributed by atoms with E-state index in [4.69, 9.17) is 0 Å². The molecule has 1 N–H and O–H groups in total. The first kappa shape index (κ1) is 19.7. The molecule has 3 heterocycles. The molecule has 0 unspecified atom stereocenters. The Kier molecular flexibility index (Phi) is 4.73. The minimum atomic E-state index is -2.95. The molecule has 0 radical (unpaired) electrons. The minimum absolute atomic E-state index is 0.0264. The number of thiazole rings is 1. The SMILES string of the molecule is O=C(Nc1nc2ccc(OC(F)F)cc2s1)c1cc2nc(C3CC3)cc(C(F)F)n2n1. The van der Waals surface area contributed by atoms with E-state index >= 15 is 0 Å². The number of hydrogen-bond donors (Lipinski definition) is 1. The maximum atomic E-state index is 13.5. The molecule has 31 heavy (non-hydrogen) atoms. The lowest BCUT2D eigenvalue weighted by Gasteiger charge is -2.06. The molecule has 4 aromatic rings. The van der Waals surface area contributed by atoms with Gasteiger partial charge in [-0.3, -0.25) is 10.1 Å². The van der Waals surface area contributed by atoms with Crippen LogP contribution in [0.25, 0.3) is 15.9 Å². The molecule has 1 saturated carbocycles. The summed E-state index contributed by atoms with van der Waals surface area (Å²) in [6, 6.07) is 6.89. The summed E-state index contributed by atoms with van der Waals surface area (Å²) in [6.07, 6.45) is -0.975. The maximum absolute atomic E-state index is 13.5. The second-order valence-corrected chi connectivity index (χ2v) is 7.99. The Morgan fingerprint density at radius 3 is 2.68 bits per heavy atom. The van der Waals surface area contributed by atoms with Gasteiger partial charge in [-0.1, -0.05) is 11.3 Å². The summed E-state index contributed by atoms with van der Waals surface area (Å²) in [5.41, 5.74) is 0.805. The molecule has 1 fully saturated rings. The molecule has 0 atom stereocenters. The number of fused-ring (bicyclic) bond motifs is 2. The molecule has 0 saturated heterocycles. The molecule has 0 spiro atoms. The molecule has 0 aliphatic heterocycles. The number of aromatic nitrogens is 4. The Morgan fingerprint density at radius 2 is 1.97 bits per heavy atom. The van der Waals surface area contributed by atoms with Gasteiger partial charge >= 0.3 is 6.61 Å². The van der Waals surface area contributed by atoms with Gasteiger partial charge in [-0.25, -0.2) is 23.3 Å². The maximum Gasteiger partial charge on any atom is 0.387 e. The zero-order valence-corrected chi connectivity index (χ0v) is 16.4. The van der Waals surface area contributed by atoms with E-state index in [1.807, 2.05) is 0 Å². The van der Waals surface area contributed by atoms with Crippen LogP contribution in [0.5, 0.6) is 5.75 Å². The fraction of sp³-hybridized carbons (Fsp3) is 0.263. The van der Waals surface area contributed by atoms with Crippen LogP contribution in [0.2, 0.25) is 0 Å². The van der Waals surface area contributed by atoms with Crippen LogP contribution < -0.4 is 10.1 Å². The van der Waals surface area contributed by atoms with E-state index in [1.165, 1.54) is 30.3 Å². The predicted octanol–water partition coefficient (Wildman–Crippen LogP) is 5.01. The largest absolute Gasteiger partial charge is 0.435 e. The first-order valence-corrected chi connectivity index (χ1v) is 10.0. The average Bonchev–Trinajstić information content (AvgIpc) is 3.34. The van der Waals surface area contributed by atoms with E-state index in [0.717, 1.165) is 28.7 Å². The van der Waals surface area contributed by atoms with Crippen molar-refractivity contribution in [2.24, 2.45) is 0 Å². The summed E-state index contributed by atoms with van der Waals surface area (Å²) in [4.78, 5) is 21.2. The molecule has 160 valence electrons. The number of alkyl halides is 4. The van der Waals surface area contributed by atoms with Crippen LogP contribution in [-0.2, 0) is 0 Å². The van der Waals surface area contributed by atoms with Crippen LogP contribution in [0.3, 0.4) is 0 Å². The third kappa shape index (κ3) is 3.90. The Morgan fingerprint density at radius 1 is 1.16 bits per heavy atom. The molecule has 12 heteroatoms. The summed E-state index contributed by atoms with van der Waals surface area (Å²) < 4.78 is 57.6. The quantitative estimate of drug-likeness (QED) is 0.417. The summed E-state index contributed by atoms with van der Waals surface area (Å²) in [5.74, 6) is -0.514. The highest BCUT2D eigenvalue weighted by Gasteiger charge is 2.28. The van der Waals surface area contributed by atoms with Crippen molar-refractivity contribution in [3.63, 3.8) is 0 Å². The lowest BCUT2D eigenvalue weighted by Crippen LogP contribution is -2.12. The highest BCUT2D eigenvalue weighted by molar-refractivity contribution is 7.22. The van der Waals surface area contributed by atoms with Crippen LogP contribution in [-0.4, -0.2) is 32.1 Å². The Labute approximate surface area is 175 Å². The van der Waals surface area contributed by atoms with E-state index in [9.17, 15) is 22.4 Å². The number of benzene rings is 1. The van der Waals surface area contributed by atoms with Crippen LogP contribution in [0.4, 0.5) is 22.7 Å². The second kappa shape index (κ2) is 7.45.